The van der Waals surface area contributed by atoms with Crippen molar-refractivity contribution in [3.8, 4) is 17.2 Å². The fourth-order valence-corrected chi connectivity index (χ4v) is 5.40. The minimum atomic E-state index is -1.04. The van der Waals surface area contributed by atoms with E-state index in [4.69, 9.17) is 30.0 Å². The van der Waals surface area contributed by atoms with Crippen LogP contribution in [0.2, 0.25) is 0 Å². The quantitative estimate of drug-likeness (QED) is 0.224. The van der Waals surface area contributed by atoms with Gasteiger partial charge in [0.05, 0.1) is 24.8 Å². The topological polar surface area (TPSA) is 200 Å². The van der Waals surface area contributed by atoms with Crippen LogP contribution in [0.4, 0.5) is 16.6 Å². The third-order valence-electron chi connectivity index (χ3n) is 7.84. The Labute approximate surface area is 268 Å². The van der Waals surface area contributed by atoms with Gasteiger partial charge in [0, 0.05) is 63.6 Å². The minimum absolute atomic E-state index is 0.0621. The van der Waals surface area contributed by atoms with Crippen molar-refractivity contribution >= 4 is 40.6 Å². The van der Waals surface area contributed by atoms with Gasteiger partial charge in [-0.15, -0.1) is 0 Å². The molecule has 0 aliphatic carbocycles. The van der Waals surface area contributed by atoms with Gasteiger partial charge in [-0.2, -0.15) is 4.99 Å². The number of rotatable bonds is 9. The number of carboxylic acid groups (broad SMARTS) is 1. The minimum Gasteiger partial charge on any atom is -0.491 e. The first-order valence-corrected chi connectivity index (χ1v) is 15.0. The highest BCUT2D eigenvalue weighted by atomic mass is 16.6. The Morgan fingerprint density at radius 1 is 1.00 bits per heavy atom. The van der Waals surface area contributed by atoms with Gasteiger partial charge in [-0.3, -0.25) is 14.3 Å². The number of carbonyl (C=O) groups is 3. The van der Waals surface area contributed by atoms with E-state index in [9.17, 15) is 14.4 Å². The molecule has 2 aliphatic rings. The fourth-order valence-electron chi connectivity index (χ4n) is 5.40. The van der Waals surface area contributed by atoms with E-state index in [1.54, 1.807) is 12.0 Å². The summed E-state index contributed by atoms with van der Waals surface area (Å²) in [5, 5.41) is 13.2. The predicted molar refractivity (Wildman–Crippen MR) is 169 cm³/mol. The molecule has 0 spiro atoms. The van der Waals surface area contributed by atoms with E-state index in [0.717, 1.165) is 24.2 Å². The fraction of sp³-hybridized carbons (Fsp3) is 0.323. The maximum atomic E-state index is 12.9. The summed E-state index contributed by atoms with van der Waals surface area (Å²) >= 11 is 0. The Hall–Kier alpha value is -5.77. The maximum absolute atomic E-state index is 12.9. The van der Waals surface area contributed by atoms with Crippen molar-refractivity contribution in [3.63, 3.8) is 0 Å². The number of hydrogen-bond donors (Lipinski definition) is 3. The summed E-state index contributed by atoms with van der Waals surface area (Å²) in [6.45, 7) is 4.80. The van der Waals surface area contributed by atoms with Crippen molar-refractivity contribution in [3.05, 3.63) is 65.5 Å². The number of hydrogen-bond acceptors (Lipinski definition) is 12. The number of nitrogens with zero attached hydrogens (tertiary/aromatic N) is 7. The smallest absolute Gasteiger partial charge is 0.415 e. The number of aromatic nitrogens is 4. The van der Waals surface area contributed by atoms with Crippen molar-refractivity contribution in [1.29, 1.82) is 0 Å². The average molecular weight is 644 g/mol. The Morgan fingerprint density at radius 2 is 1.74 bits per heavy atom. The van der Waals surface area contributed by atoms with E-state index in [2.05, 4.69) is 25.2 Å². The van der Waals surface area contributed by atoms with Crippen LogP contribution in [0.5, 0.6) is 17.2 Å². The number of benzene rings is 2. The number of fused-ring (bicyclic) bond motifs is 3. The predicted octanol–water partition coefficient (Wildman–Crippen LogP) is 1.87. The third-order valence-corrected chi connectivity index (χ3v) is 7.84. The number of ether oxygens (including phenoxy) is 3. The lowest BCUT2D eigenvalue weighted by atomic mass is 10.2. The molecule has 0 saturated carbocycles. The first kappa shape index (κ1) is 31.2. The molecule has 244 valence electrons. The summed E-state index contributed by atoms with van der Waals surface area (Å²) in [7, 11) is 1.54. The molecule has 6 rings (SSSR count). The van der Waals surface area contributed by atoms with Crippen molar-refractivity contribution in [1.82, 2.24) is 29.3 Å². The van der Waals surface area contributed by atoms with E-state index in [-0.39, 0.29) is 22.7 Å². The Bertz CT molecular complexity index is 1870. The molecule has 0 bridgehead atoms. The van der Waals surface area contributed by atoms with Gasteiger partial charge >= 0.3 is 12.1 Å². The average Bonchev–Trinajstić information content (AvgIpc) is 3.58. The number of methoxy groups -OCH3 is 1. The Balaban J connectivity index is 1.06. The molecule has 4 N–H and O–H groups in total. The summed E-state index contributed by atoms with van der Waals surface area (Å²) in [6.07, 6.45) is 2.92. The van der Waals surface area contributed by atoms with E-state index < -0.39 is 18.0 Å². The highest BCUT2D eigenvalue weighted by Crippen LogP contribution is 2.37. The van der Waals surface area contributed by atoms with E-state index in [1.165, 1.54) is 36.7 Å². The molecule has 2 aromatic carbocycles. The number of nitrogens with one attached hydrogen (secondary N) is 1. The SMILES string of the molecule is COc1c(OCCCN2CCN(C(=O)Oc3ccc(C(=O)O)cc3)CC2)ccc2c3n(c(=NC(=O)c4cnc(N)nc4)nc12)CCN3. The number of carboxylic acids is 1. The van der Waals surface area contributed by atoms with Crippen LogP contribution in [0, 0.1) is 0 Å². The molecule has 47 heavy (non-hydrogen) atoms. The molecule has 0 unspecified atom stereocenters. The van der Waals surface area contributed by atoms with Gasteiger partial charge < -0.3 is 35.3 Å². The molecule has 0 radical (unpaired) electrons. The second-order valence-corrected chi connectivity index (χ2v) is 10.8. The summed E-state index contributed by atoms with van der Waals surface area (Å²) in [6, 6.07) is 9.48. The monoisotopic (exact) mass is 643 g/mol. The van der Waals surface area contributed by atoms with Crippen LogP contribution in [0.3, 0.4) is 0 Å². The number of piperazine rings is 1. The Morgan fingerprint density at radius 3 is 2.45 bits per heavy atom. The second kappa shape index (κ2) is 13.7. The summed E-state index contributed by atoms with van der Waals surface area (Å²) in [4.78, 5) is 57.1. The second-order valence-electron chi connectivity index (χ2n) is 10.8. The van der Waals surface area contributed by atoms with Gasteiger partial charge in [0.15, 0.2) is 11.5 Å². The first-order chi connectivity index (χ1) is 22.8. The van der Waals surface area contributed by atoms with Crippen molar-refractivity contribution in [2.45, 2.75) is 13.0 Å². The third kappa shape index (κ3) is 6.91. The molecule has 4 aromatic rings. The molecule has 1 fully saturated rings. The summed E-state index contributed by atoms with van der Waals surface area (Å²) < 4.78 is 19.1. The number of aromatic carboxylic acids is 1. The van der Waals surface area contributed by atoms with Crippen LogP contribution < -0.4 is 30.9 Å². The maximum Gasteiger partial charge on any atom is 0.415 e. The van der Waals surface area contributed by atoms with Gasteiger partial charge in [-0.05, 0) is 42.8 Å². The van der Waals surface area contributed by atoms with Crippen molar-refractivity contribution in [2.24, 2.45) is 4.99 Å². The van der Waals surface area contributed by atoms with Gasteiger partial charge in [-0.25, -0.2) is 24.5 Å². The highest BCUT2D eigenvalue weighted by molar-refractivity contribution is 5.96. The molecule has 2 aliphatic heterocycles. The van der Waals surface area contributed by atoms with Crippen LogP contribution in [-0.4, -0.2) is 105 Å². The van der Waals surface area contributed by atoms with Crippen LogP contribution in [-0.2, 0) is 6.54 Å². The molecule has 2 amide bonds. The van der Waals surface area contributed by atoms with Crippen molar-refractivity contribution < 1.29 is 33.7 Å². The van der Waals surface area contributed by atoms with Crippen LogP contribution in [0.15, 0.2) is 53.8 Å². The van der Waals surface area contributed by atoms with Gasteiger partial charge in [0.1, 0.15) is 17.1 Å². The lowest BCUT2D eigenvalue weighted by Gasteiger charge is -2.34. The Kier molecular flexibility index (Phi) is 9.10. The van der Waals surface area contributed by atoms with Crippen LogP contribution in [0.1, 0.15) is 27.1 Å². The molecular weight excluding hydrogens is 610 g/mol. The van der Waals surface area contributed by atoms with Crippen molar-refractivity contribution in [2.75, 3.05) is 64.0 Å². The zero-order valence-electron chi connectivity index (χ0n) is 25.6. The lowest BCUT2D eigenvalue weighted by Crippen LogP contribution is -2.49. The van der Waals surface area contributed by atoms with E-state index in [1.807, 2.05) is 16.7 Å². The number of carbonyl (C=O) groups excluding carboxylic acids is 2. The number of amides is 2. The molecule has 16 heteroatoms. The van der Waals surface area contributed by atoms with Crippen LogP contribution >= 0.6 is 0 Å². The highest BCUT2D eigenvalue weighted by Gasteiger charge is 2.24. The standard InChI is InChI=1S/C31H33N9O7/c1-45-25-23(46-16-2-10-38-12-14-39(15-13-38)31(44)47-21-5-3-19(4-6-21)28(42)43)8-7-22-24(25)36-30(40-11-9-33-26(22)40)37-27(41)20-17-34-29(32)35-18-20/h3-8,17-18,33H,2,9-16H2,1H3,(H,42,43)(H2,32,34,35). The number of anilines is 2. The van der Waals surface area contributed by atoms with Crippen LogP contribution in [0.25, 0.3) is 10.9 Å². The molecule has 1 saturated heterocycles. The molecular formula is C31H33N9O7. The van der Waals surface area contributed by atoms with Gasteiger partial charge in [0.25, 0.3) is 5.91 Å². The number of nitrogen functional groups attached to an aromatic ring is 1. The molecule has 2 aromatic heterocycles. The largest absolute Gasteiger partial charge is 0.491 e. The zero-order valence-corrected chi connectivity index (χ0v) is 25.6. The summed E-state index contributed by atoms with van der Waals surface area (Å²) in [5.74, 6) is 0.499. The van der Waals surface area contributed by atoms with Gasteiger partial charge in [0.2, 0.25) is 11.6 Å². The van der Waals surface area contributed by atoms with Gasteiger partial charge in [-0.1, -0.05) is 0 Å². The number of nitrogens with two attached hydrogens (primary N) is 1. The first-order valence-electron chi connectivity index (χ1n) is 15.0. The van der Waals surface area contributed by atoms with E-state index in [0.29, 0.717) is 68.6 Å². The lowest BCUT2D eigenvalue weighted by molar-refractivity contribution is 0.0696. The summed E-state index contributed by atoms with van der Waals surface area (Å²) in [5.41, 5.74) is 6.58. The zero-order chi connectivity index (χ0) is 32.9. The molecule has 16 nitrogen and oxygen atoms in total. The molecule has 4 heterocycles. The normalized spacial score (nSPS) is 14.8. The van der Waals surface area contributed by atoms with E-state index >= 15 is 0 Å². The molecule has 0 atom stereocenters.